The molecule has 0 radical (unpaired) electrons. The number of hydrogen-bond donors (Lipinski definition) is 2. The van der Waals surface area contributed by atoms with Gasteiger partial charge in [0.1, 0.15) is 16.9 Å². The van der Waals surface area contributed by atoms with Gasteiger partial charge in [-0.1, -0.05) is 0 Å². The van der Waals surface area contributed by atoms with E-state index >= 15 is 0 Å². The van der Waals surface area contributed by atoms with Crippen LogP contribution in [0.2, 0.25) is 0 Å². The third kappa shape index (κ3) is 7.60. The molecule has 0 spiro atoms. The molecule has 12 heteroatoms. The largest absolute Gasteiger partial charge is 0.481 e. The second-order valence-corrected chi connectivity index (χ2v) is 7.65. The van der Waals surface area contributed by atoms with Crippen LogP contribution < -0.4 is 15.0 Å². The van der Waals surface area contributed by atoms with E-state index in [2.05, 4.69) is 9.97 Å². The van der Waals surface area contributed by atoms with Gasteiger partial charge < -0.3 is 19.3 Å². The Balaban J connectivity index is 3.49. The van der Waals surface area contributed by atoms with Gasteiger partial charge in [0.15, 0.2) is 0 Å². The maximum absolute atomic E-state index is 12.6. The van der Waals surface area contributed by atoms with Crippen molar-refractivity contribution in [1.29, 1.82) is 0 Å². The molecule has 0 aliphatic carbocycles. The van der Waals surface area contributed by atoms with Crippen LogP contribution in [0.4, 0.5) is 20.3 Å². The number of ether oxygens (including phenoxy) is 3. The quantitative estimate of drug-likeness (QED) is 0.756. The standard InChI is InChI=1S/C17H24N4O8/c1-16(2,3)28-14(25)21(15(26)29-17(4,5)6)12-18-9(8-10(19-12)27-7)11(22)20-13(23)24/h8H,1-7H3,(H,20,22)(H,23,24). The van der Waals surface area contributed by atoms with Crippen molar-refractivity contribution < 1.29 is 38.5 Å². The van der Waals surface area contributed by atoms with Crippen LogP contribution in [0.15, 0.2) is 6.07 Å². The smallest absolute Gasteiger partial charge is 0.427 e. The van der Waals surface area contributed by atoms with Crippen LogP contribution in [-0.4, -0.2) is 57.6 Å². The van der Waals surface area contributed by atoms with Crippen LogP contribution >= 0.6 is 0 Å². The summed E-state index contributed by atoms with van der Waals surface area (Å²) in [5, 5.41) is 10.3. The summed E-state index contributed by atoms with van der Waals surface area (Å²) in [6, 6.07) is 1.03. The third-order valence-electron chi connectivity index (χ3n) is 2.71. The molecule has 0 aromatic carbocycles. The average Bonchev–Trinajstić information content (AvgIpc) is 2.50. The zero-order chi connectivity index (χ0) is 22.6. The molecular formula is C17H24N4O8. The van der Waals surface area contributed by atoms with Crippen LogP contribution in [0, 0.1) is 0 Å². The van der Waals surface area contributed by atoms with E-state index in [9.17, 15) is 19.2 Å². The van der Waals surface area contributed by atoms with Gasteiger partial charge in [-0.2, -0.15) is 4.98 Å². The molecule has 2 N–H and O–H groups in total. The number of amides is 4. The lowest BCUT2D eigenvalue weighted by molar-refractivity contribution is 0.0426. The first-order valence-electron chi connectivity index (χ1n) is 8.36. The highest BCUT2D eigenvalue weighted by molar-refractivity contribution is 6.08. The molecule has 1 aromatic rings. The molecule has 160 valence electrons. The number of nitrogens with zero attached hydrogens (tertiary/aromatic N) is 3. The summed E-state index contributed by atoms with van der Waals surface area (Å²) in [7, 11) is 1.22. The molecule has 0 aliphatic rings. The van der Waals surface area contributed by atoms with Crippen molar-refractivity contribution in [3.63, 3.8) is 0 Å². The topological polar surface area (TPSA) is 157 Å². The Labute approximate surface area is 167 Å². The van der Waals surface area contributed by atoms with Crippen molar-refractivity contribution in [2.24, 2.45) is 0 Å². The van der Waals surface area contributed by atoms with E-state index in [-0.39, 0.29) is 5.88 Å². The molecule has 1 heterocycles. The number of imide groups is 2. The second-order valence-electron chi connectivity index (χ2n) is 7.65. The monoisotopic (exact) mass is 412 g/mol. The minimum absolute atomic E-state index is 0.206. The van der Waals surface area contributed by atoms with E-state index in [0.29, 0.717) is 4.90 Å². The number of aromatic nitrogens is 2. The third-order valence-corrected chi connectivity index (χ3v) is 2.71. The first-order valence-corrected chi connectivity index (χ1v) is 8.36. The Kier molecular flexibility index (Phi) is 7.09. The van der Waals surface area contributed by atoms with Crippen molar-refractivity contribution in [2.75, 3.05) is 12.0 Å². The summed E-state index contributed by atoms with van der Waals surface area (Å²) in [6.07, 6.45) is -3.94. The molecule has 4 amide bonds. The van der Waals surface area contributed by atoms with Gasteiger partial charge in [-0.3, -0.25) is 10.1 Å². The predicted molar refractivity (Wildman–Crippen MR) is 99.0 cm³/mol. The second kappa shape index (κ2) is 8.71. The van der Waals surface area contributed by atoms with E-state index < -0.39 is 47.0 Å². The van der Waals surface area contributed by atoms with Crippen molar-refractivity contribution in [3.05, 3.63) is 11.8 Å². The Bertz CT molecular complexity index is 783. The highest BCUT2D eigenvalue weighted by atomic mass is 16.6. The molecule has 0 unspecified atom stereocenters. The summed E-state index contributed by atoms with van der Waals surface area (Å²) in [5.74, 6) is -1.92. The average molecular weight is 412 g/mol. The lowest BCUT2D eigenvalue weighted by Crippen LogP contribution is -2.45. The van der Waals surface area contributed by atoms with Crippen molar-refractivity contribution in [3.8, 4) is 5.88 Å². The van der Waals surface area contributed by atoms with Crippen LogP contribution in [0.1, 0.15) is 52.0 Å². The fraction of sp³-hybridized carbons (Fsp3) is 0.529. The summed E-state index contributed by atoms with van der Waals surface area (Å²) < 4.78 is 15.4. The van der Waals surface area contributed by atoms with E-state index in [1.807, 2.05) is 0 Å². The van der Waals surface area contributed by atoms with Crippen LogP contribution in [0.3, 0.4) is 0 Å². The summed E-state index contributed by atoms with van der Waals surface area (Å²) in [4.78, 5) is 56.1. The number of carbonyl (C=O) groups is 4. The summed E-state index contributed by atoms with van der Waals surface area (Å²) in [5.41, 5.74) is -2.41. The Morgan fingerprint density at radius 2 is 1.45 bits per heavy atom. The van der Waals surface area contributed by atoms with Crippen molar-refractivity contribution >= 4 is 30.1 Å². The van der Waals surface area contributed by atoms with Gasteiger partial charge in [-0.25, -0.2) is 19.4 Å². The molecule has 29 heavy (non-hydrogen) atoms. The number of hydrogen-bond acceptors (Lipinski definition) is 9. The molecule has 0 saturated carbocycles. The SMILES string of the molecule is COc1cc(C(=O)NC(=O)O)nc(N(C(=O)OC(C)(C)C)C(=O)OC(C)(C)C)n1. The number of methoxy groups -OCH3 is 1. The van der Waals surface area contributed by atoms with E-state index in [4.69, 9.17) is 19.3 Å². The predicted octanol–water partition coefficient (Wildman–Crippen LogP) is 2.57. The van der Waals surface area contributed by atoms with Gasteiger partial charge in [-0.05, 0) is 41.5 Å². The van der Waals surface area contributed by atoms with Gasteiger partial charge >= 0.3 is 18.3 Å². The number of rotatable bonds is 3. The zero-order valence-corrected chi connectivity index (χ0v) is 17.2. The molecule has 0 saturated heterocycles. The van der Waals surface area contributed by atoms with Gasteiger partial charge in [0, 0.05) is 6.07 Å². The molecule has 0 aliphatic heterocycles. The fourth-order valence-corrected chi connectivity index (χ4v) is 1.75. The minimum atomic E-state index is -1.62. The lowest BCUT2D eigenvalue weighted by Gasteiger charge is -2.27. The molecule has 12 nitrogen and oxygen atoms in total. The van der Waals surface area contributed by atoms with E-state index in [0.717, 1.165) is 6.07 Å². The van der Waals surface area contributed by atoms with Gasteiger partial charge in [0.05, 0.1) is 7.11 Å². The number of carboxylic acid groups (broad SMARTS) is 1. The highest BCUT2D eigenvalue weighted by Crippen LogP contribution is 2.21. The van der Waals surface area contributed by atoms with Crippen LogP contribution in [-0.2, 0) is 9.47 Å². The zero-order valence-electron chi connectivity index (χ0n) is 17.2. The number of anilines is 1. The van der Waals surface area contributed by atoms with Crippen molar-refractivity contribution in [1.82, 2.24) is 15.3 Å². The van der Waals surface area contributed by atoms with Crippen LogP contribution in [0.25, 0.3) is 0 Å². The minimum Gasteiger partial charge on any atom is -0.481 e. The Hall–Kier alpha value is -3.44. The van der Waals surface area contributed by atoms with Crippen LogP contribution in [0.5, 0.6) is 5.88 Å². The van der Waals surface area contributed by atoms with E-state index in [1.54, 1.807) is 46.9 Å². The molecule has 0 atom stereocenters. The summed E-state index contributed by atoms with van der Waals surface area (Å²) in [6.45, 7) is 9.48. The molecular weight excluding hydrogens is 388 g/mol. The maximum atomic E-state index is 12.6. The molecule has 0 bridgehead atoms. The first-order chi connectivity index (χ1) is 13.1. The first kappa shape index (κ1) is 23.6. The normalized spacial score (nSPS) is 11.3. The molecule has 1 aromatic heterocycles. The molecule has 1 rings (SSSR count). The highest BCUT2D eigenvalue weighted by Gasteiger charge is 2.35. The summed E-state index contributed by atoms with van der Waals surface area (Å²) >= 11 is 0. The van der Waals surface area contributed by atoms with Crippen molar-refractivity contribution in [2.45, 2.75) is 52.7 Å². The maximum Gasteiger partial charge on any atom is 0.427 e. The van der Waals surface area contributed by atoms with E-state index in [1.165, 1.54) is 7.11 Å². The molecule has 0 fully saturated rings. The number of nitrogens with one attached hydrogen (secondary N) is 1. The van der Waals surface area contributed by atoms with Gasteiger partial charge in [0.25, 0.3) is 5.91 Å². The van der Waals surface area contributed by atoms with Gasteiger partial charge in [-0.15, -0.1) is 4.90 Å². The lowest BCUT2D eigenvalue weighted by atomic mass is 10.2. The van der Waals surface area contributed by atoms with Gasteiger partial charge in [0.2, 0.25) is 11.8 Å². The Morgan fingerprint density at radius 3 is 1.83 bits per heavy atom. The fourth-order valence-electron chi connectivity index (χ4n) is 1.75. The Morgan fingerprint density at radius 1 is 0.966 bits per heavy atom. The number of carbonyl (C=O) groups excluding carboxylic acids is 3.